The number of aromatic amines is 1. The van der Waals surface area contributed by atoms with Crippen LogP contribution in [-0.2, 0) is 51.6 Å². The molecule has 524 valence electrons. The molecule has 3 fully saturated rings. The van der Waals surface area contributed by atoms with E-state index in [0.29, 0.717) is 71.0 Å². The number of ether oxygens (including phenoxy) is 4. The molecule has 0 unspecified atom stereocenters. The Morgan fingerprint density at radius 2 is 1.57 bits per heavy atom. The lowest BCUT2D eigenvalue weighted by molar-refractivity contribution is -0.143. The van der Waals surface area contributed by atoms with Crippen molar-refractivity contribution in [2.75, 3.05) is 53.7 Å². The zero-order valence-electron chi connectivity index (χ0n) is 57.5. The average molecular weight is 1350 g/mol. The van der Waals surface area contributed by atoms with E-state index in [-0.39, 0.29) is 106 Å². The van der Waals surface area contributed by atoms with Crippen molar-refractivity contribution < 1.29 is 56.9 Å². The van der Waals surface area contributed by atoms with Crippen LogP contribution < -0.4 is 32.3 Å². The number of halogens is 1. The molecule has 1 saturated heterocycles. The minimum Gasteiger partial charge on any atom is -0.453 e. The molecule has 26 heteroatoms. The van der Waals surface area contributed by atoms with Gasteiger partial charge >= 0.3 is 17.9 Å². The van der Waals surface area contributed by atoms with Crippen LogP contribution in [0.25, 0.3) is 55.4 Å². The van der Waals surface area contributed by atoms with Crippen molar-refractivity contribution in [3.05, 3.63) is 106 Å². The number of carbonyl (C=O) groups is 7. The maximum atomic E-state index is 16.4. The minimum atomic E-state index is -0.988. The Hall–Kier alpha value is -9.17. The number of methoxy groups -OCH3 is 1. The maximum absolute atomic E-state index is 16.4. The third-order valence-corrected chi connectivity index (χ3v) is 19.7. The fourth-order valence-corrected chi connectivity index (χ4v) is 14.5. The number of nitrogens with zero attached hydrogens (tertiary/aromatic N) is 7. The number of alkyl carbamates (subject to hydrolysis) is 1. The zero-order valence-corrected chi connectivity index (χ0v) is 57.5. The van der Waals surface area contributed by atoms with Gasteiger partial charge in [0.05, 0.1) is 85.2 Å². The first kappa shape index (κ1) is 70.2. The number of benzene rings is 3. The summed E-state index contributed by atoms with van der Waals surface area (Å²) in [6.07, 6.45) is 10.7. The van der Waals surface area contributed by atoms with Crippen LogP contribution in [0.1, 0.15) is 158 Å². The van der Waals surface area contributed by atoms with E-state index in [0.717, 1.165) is 66.1 Å². The molecule has 0 radical (unpaired) electrons. The van der Waals surface area contributed by atoms with Crippen LogP contribution in [0.4, 0.5) is 14.0 Å². The van der Waals surface area contributed by atoms with E-state index in [1.165, 1.54) is 36.1 Å². The molecule has 3 aliphatic carbocycles. The summed E-state index contributed by atoms with van der Waals surface area (Å²) in [5.41, 5.74) is 5.98. The van der Waals surface area contributed by atoms with Crippen LogP contribution in [0.2, 0.25) is 0 Å². The van der Waals surface area contributed by atoms with Crippen molar-refractivity contribution in [3.63, 3.8) is 0 Å². The van der Waals surface area contributed by atoms with E-state index >= 15 is 9.18 Å². The number of aryl methyl sites for hydroxylation is 2. The van der Waals surface area contributed by atoms with E-state index in [9.17, 15) is 33.6 Å². The van der Waals surface area contributed by atoms with Crippen molar-refractivity contribution in [2.45, 2.75) is 179 Å². The van der Waals surface area contributed by atoms with Crippen LogP contribution in [0.3, 0.4) is 0 Å². The number of fused-ring (bicyclic) bond motifs is 5. The van der Waals surface area contributed by atoms with Crippen molar-refractivity contribution in [1.29, 1.82) is 0 Å². The molecule has 7 atom stereocenters. The molecule has 0 spiro atoms. The van der Waals surface area contributed by atoms with E-state index in [1.807, 2.05) is 41.1 Å². The Balaban J connectivity index is 0.702. The number of amides is 7. The Bertz CT molecular complexity index is 4180. The summed E-state index contributed by atoms with van der Waals surface area (Å²) >= 11 is 0. The highest BCUT2D eigenvalue weighted by Crippen LogP contribution is 2.44. The number of pyridine rings is 1. The quantitative estimate of drug-likeness (QED) is 0.0326. The summed E-state index contributed by atoms with van der Waals surface area (Å²) in [6, 6.07) is 14.2. The molecule has 6 N–H and O–H groups in total. The number of H-pyrrole nitrogens is 1. The normalized spacial score (nSPS) is 19.5. The highest BCUT2D eigenvalue weighted by atomic mass is 19.1. The number of likely N-dealkylation sites (tertiary alicyclic amines) is 1. The fraction of sp³-hybridized carbons (Fsp3) is 0.528. The smallest absolute Gasteiger partial charge is 0.410 e. The lowest BCUT2D eigenvalue weighted by Gasteiger charge is -2.36. The average Bonchev–Trinajstić information content (AvgIpc) is 1.56. The van der Waals surface area contributed by atoms with Gasteiger partial charge in [-0.3, -0.25) is 42.7 Å². The third-order valence-electron chi connectivity index (χ3n) is 19.7. The van der Waals surface area contributed by atoms with Crippen LogP contribution in [-0.4, -0.2) is 170 Å². The molecule has 4 aromatic heterocycles. The van der Waals surface area contributed by atoms with Gasteiger partial charge in [0.1, 0.15) is 35.2 Å². The highest BCUT2D eigenvalue weighted by Gasteiger charge is 2.46. The van der Waals surface area contributed by atoms with Crippen molar-refractivity contribution in [2.24, 2.45) is 13.0 Å². The predicted octanol–water partition coefficient (Wildman–Crippen LogP) is 8.82. The summed E-state index contributed by atoms with van der Waals surface area (Å²) in [5, 5.41) is 21.1. The molecule has 1 aliphatic heterocycles. The van der Waals surface area contributed by atoms with Crippen molar-refractivity contribution in [3.8, 4) is 22.4 Å². The summed E-state index contributed by atoms with van der Waals surface area (Å²) < 4.78 is 43.6. The van der Waals surface area contributed by atoms with E-state index in [4.69, 9.17) is 23.9 Å². The van der Waals surface area contributed by atoms with Crippen molar-refractivity contribution >= 4 is 74.7 Å². The van der Waals surface area contributed by atoms with Crippen LogP contribution in [0.15, 0.2) is 77.9 Å². The summed E-state index contributed by atoms with van der Waals surface area (Å²) in [5.74, 6) is -3.28. The van der Waals surface area contributed by atoms with Crippen molar-refractivity contribution in [1.82, 2.24) is 65.3 Å². The molecule has 7 aromatic rings. The standard InChI is InChI=1S/C72H92FN13O12/c1-41(2)86-55-27-23-45(34-47(55)38-76-86)59-60-63-57(83(8)70(93)85(63)50-25-24-48(36-50)78-69(92)95-9)39-75-64(60)80-61(59)46-22-26-52(53(73)35-46)66(89)74-29-31-97-33-32-96-30-28-58(87)77-49-37-56(67(90)79-54-21-15-19-43-16-13-14-20-51(43)54)84(40-49)68(91)62(44-17-11-10-12-18-44)81-65(88)42(3)82(7)71(94)98-72(4,5)6/h13-14,16,20,22-23,26-27,34-35,38-39,41-42,44,48-50,54,56,62H,10-12,15,17-19,21,24-25,28-33,36-37,40H2,1-9H3,(H,74,89)(H,75,80)(H,77,87)(H,78,92)(H,79,90)(H,81,88)/t42-,48+,49-,50+,54+,56-,62-/m0/s1. The minimum absolute atomic E-state index is 0.0254. The first-order valence-electron chi connectivity index (χ1n) is 34.4. The lowest BCUT2D eigenvalue weighted by Crippen LogP contribution is -2.59. The molecule has 2 saturated carbocycles. The van der Waals surface area contributed by atoms with Gasteiger partial charge < -0.3 is 55.4 Å². The summed E-state index contributed by atoms with van der Waals surface area (Å²) in [4.78, 5) is 121. The van der Waals surface area contributed by atoms with Crippen LogP contribution in [0.5, 0.6) is 0 Å². The van der Waals surface area contributed by atoms with Gasteiger partial charge in [0.15, 0.2) is 0 Å². The number of aromatic nitrogens is 6. The molecular formula is C72H92FN13O12. The molecular weight excluding hydrogens is 1260 g/mol. The summed E-state index contributed by atoms with van der Waals surface area (Å²) in [7, 11) is 4.49. The molecule has 7 amide bonds. The second-order valence-corrected chi connectivity index (χ2v) is 27.8. The van der Waals surface area contributed by atoms with Gasteiger partial charge in [-0.1, -0.05) is 55.7 Å². The van der Waals surface area contributed by atoms with E-state index in [1.54, 1.807) is 62.3 Å². The van der Waals surface area contributed by atoms with Gasteiger partial charge in [0.25, 0.3) is 5.91 Å². The number of rotatable bonds is 23. The van der Waals surface area contributed by atoms with Gasteiger partial charge in [-0.05, 0) is 146 Å². The monoisotopic (exact) mass is 1350 g/mol. The van der Waals surface area contributed by atoms with Gasteiger partial charge in [-0.2, -0.15) is 5.10 Å². The van der Waals surface area contributed by atoms with Crippen LogP contribution in [0, 0.1) is 11.7 Å². The summed E-state index contributed by atoms with van der Waals surface area (Å²) in [6.45, 7) is 11.3. The van der Waals surface area contributed by atoms with Gasteiger partial charge in [0.2, 0.25) is 23.6 Å². The number of carbonyl (C=O) groups excluding carboxylic acids is 7. The fourth-order valence-electron chi connectivity index (χ4n) is 14.5. The maximum Gasteiger partial charge on any atom is 0.410 e. The number of hydrogen-bond donors (Lipinski definition) is 6. The molecule has 11 rings (SSSR count). The topological polar surface area (TPSA) is 296 Å². The molecule has 3 aromatic carbocycles. The van der Waals surface area contributed by atoms with E-state index in [2.05, 4.69) is 56.6 Å². The van der Waals surface area contributed by atoms with Gasteiger partial charge in [-0.15, -0.1) is 0 Å². The third kappa shape index (κ3) is 15.4. The molecule has 5 heterocycles. The Labute approximate surface area is 568 Å². The first-order chi connectivity index (χ1) is 47.0. The Morgan fingerprint density at radius 3 is 2.32 bits per heavy atom. The van der Waals surface area contributed by atoms with Crippen LogP contribution >= 0.6 is 0 Å². The molecule has 25 nitrogen and oxygen atoms in total. The number of likely N-dealkylation sites (N-methyl/N-ethyl adjacent to an activating group) is 1. The molecule has 4 aliphatic rings. The first-order valence-corrected chi connectivity index (χ1v) is 34.4. The predicted molar refractivity (Wildman–Crippen MR) is 366 cm³/mol. The number of hydrogen-bond acceptors (Lipinski definition) is 14. The van der Waals surface area contributed by atoms with Gasteiger partial charge in [-0.25, -0.2) is 23.8 Å². The number of nitrogens with one attached hydrogen (secondary N) is 6. The second-order valence-electron chi connectivity index (χ2n) is 27.8. The SMILES string of the molecule is COC(=O)N[C@@H]1CC[C@@H](n2c(=O)n(C)c3cnc4[nH]c(-c5ccc(C(=O)NCCOCCOCCC(=O)N[C@H]6C[C@@H](C(=O)N[C@@H]7CCCc8ccccc87)N(C(=O)[C@@H](NC(=O)[C@H](C)N(C)C(=O)OC(C)(C)C)C7CCCCC7)C6)c(F)c5)c(-c5ccc6c(cnn6C(C)C)c5)c4c32)C1. The zero-order chi connectivity index (χ0) is 69.7. The number of imidazole rings is 1. The Kier molecular flexibility index (Phi) is 21.7. The second kappa shape index (κ2) is 30.3. The molecule has 98 heavy (non-hydrogen) atoms. The van der Waals surface area contributed by atoms with Gasteiger partial charge in [0, 0.05) is 74.3 Å². The lowest BCUT2D eigenvalue weighted by atomic mass is 9.83. The molecule has 0 bridgehead atoms. The Morgan fingerprint density at radius 1 is 0.816 bits per heavy atom. The largest absolute Gasteiger partial charge is 0.453 e. The van der Waals surface area contributed by atoms with E-state index < -0.39 is 65.5 Å². The highest BCUT2D eigenvalue weighted by molar-refractivity contribution is 6.15.